The Bertz CT molecular complexity index is 182. The van der Waals surface area contributed by atoms with Crippen molar-refractivity contribution in [3.63, 3.8) is 0 Å². The van der Waals surface area contributed by atoms with Gasteiger partial charge in [0.1, 0.15) is 0 Å². The van der Waals surface area contributed by atoms with Crippen molar-refractivity contribution in [3.8, 4) is 0 Å². The zero-order valence-corrected chi connectivity index (χ0v) is 13.4. The molecule has 0 bridgehead atoms. The predicted molar refractivity (Wildman–Crippen MR) is 84.9 cm³/mol. The molecule has 0 N–H and O–H groups in total. The van der Waals surface area contributed by atoms with Gasteiger partial charge in [-0.05, 0) is 24.2 Å². The van der Waals surface area contributed by atoms with Crippen molar-refractivity contribution in [2.45, 2.75) is 85.5 Å². The summed E-state index contributed by atoms with van der Waals surface area (Å²) in [5, 5.41) is 0. The first-order chi connectivity index (χ1) is 8.60. The van der Waals surface area contributed by atoms with Crippen LogP contribution < -0.4 is 0 Å². The summed E-state index contributed by atoms with van der Waals surface area (Å²) >= 11 is 0. The van der Waals surface area contributed by atoms with Crippen molar-refractivity contribution < 1.29 is 0 Å². The van der Waals surface area contributed by atoms with Crippen molar-refractivity contribution >= 4 is 0 Å². The number of hydrogen-bond donors (Lipinski definition) is 0. The van der Waals surface area contributed by atoms with Gasteiger partial charge in [-0.2, -0.15) is 0 Å². The summed E-state index contributed by atoms with van der Waals surface area (Å²) in [6, 6.07) is 0. The molecule has 0 saturated heterocycles. The highest BCUT2D eigenvalue weighted by molar-refractivity contribution is 4.76. The van der Waals surface area contributed by atoms with Gasteiger partial charge < -0.3 is 0 Å². The second-order valence-electron chi connectivity index (χ2n) is 6.44. The van der Waals surface area contributed by atoms with Gasteiger partial charge in [0.15, 0.2) is 0 Å². The predicted octanol–water partition coefficient (Wildman–Crippen LogP) is 6.61. The standard InChI is InChI=1S/C18H36/c1-6-8-9-12-17(4)13-10-11-14-18(5)15-16(3)7-2/h7,16-18H,2,6,8-15H2,1,3-5H3. The number of rotatable bonds is 12. The van der Waals surface area contributed by atoms with Crippen molar-refractivity contribution in [1.82, 2.24) is 0 Å². The SMILES string of the molecule is C=CC(C)CC(C)CCCCC(C)CCCCC. The Morgan fingerprint density at radius 1 is 0.833 bits per heavy atom. The van der Waals surface area contributed by atoms with Crippen LogP contribution in [0.25, 0.3) is 0 Å². The molecule has 0 aromatic rings. The lowest BCUT2D eigenvalue weighted by Crippen LogP contribution is -2.01. The molecular formula is C18H36. The van der Waals surface area contributed by atoms with Gasteiger partial charge in [0.25, 0.3) is 0 Å². The molecule has 0 nitrogen and oxygen atoms in total. The van der Waals surface area contributed by atoms with Gasteiger partial charge in [-0.1, -0.05) is 85.1 Å². The summed E-state index contributed by atoms with van der Waals surface area (Å²) in [5.74, 6) is 2.50. The molecule has 0 aliphatic carbocycles. The molecule has 18 heavy (non-hydrogen) atoms. The van der Waals surface area contributed by atoms with Crippen LogP contribution in [0.1, 0.15) is 85.5 Å². The molecule has 0 spiro atoms. The first-order valence-corrected chi connectivity index (χ1v) is 8.22. The van der Waals surface area contributed by atoms with E-state index in [1.165, 1.54) is 57.8 Å². The Morgan fingerprint density at radius 2 is 1.33 bits per heavy atom. The Kier molecular flexibility index (Phi) is 11.6. The van der Waals surface area contributed by atoms with Gasteiger partial charge in [-0.25, -0.2) is 0 Å². The van der Waals surface area contributed by atoms with Gasteiger partial charge in [0.2, 0.25) is 0 Å². The van der Waals surface area contributed by atoms with E-state index in [0.29, 0.717) is 5.92 Å². The fourth-order valence-electron chi connectivity index (χ4n) is 2.72. The van der Waals surface area contributed by atoms with E-state index in [1.807, 2.05) is 0 Å². The average Bonchev–Trinajstić information content (AvgIpc) is 2.34. The minimum absolute atomic E-state index is 0.688. The maximum Gasteiger partial charge on any atom is -0.0262 e. The Morgan fingerprint density at radius 3 is 1.83 bits per heavy atom. The zero-order chi connectivity index (χ0) is 13.8. The smallest absolute Gasteiger partial charge is 0.0262 e. The summed E-state index contributed by atoms with van der Waals surface area (Å²) in [6.07, 6.45) is 14.7. The monoisotopic (exact) mass is 252 g/mol. The molecule has 0 aromatic heterocycles. The summed E-state index contributed by atoms with van der Waals surface area (Å²) in [7, 11) is 0. The van der Waals surface area contributed by atoms with E-state index in [4.69, 9.17) is 0 Å². The van der Waals surface area contributed by atoms with Gasteiger partial charge >= 0.3 is 0 Å². The third-order valence-electron chi connectivity index (χ3n) is 4.12. The molecule has 0 aliphatic rings. The molecule has 0 aliphatic heterocycles. The number of hydrogen-bond acceptors (Lipinski definition) is 0. The molecule has 0 amide bonds. The second kappa shape index (κ2) is 11.8. The molecule has 3 unspecified atom stereocenters. The molecule has 0 heteroatoms. The fraction of sp³-hybridized carbons (Fsp3) is 0.889. The van der Waals surface area contributed by atoms with E-state index in [-0.39, 0.29) is 0 Å². The molecule has 0 radical (unpaired) electrons. The van der Waals surface area contributed by atoms with Gasteiger partial charge in [0.05, 0.1) is 0 Å². The van der Waals surface area contributed by atoms with Crippen LogP contribution in [0.15, 0.2) is 12.7 Å². The lowest BCUT2D eigenvalue weighted by molar-refractivity contribution is 0.393. The van der Waals surface area contributed by atoms with E-state index in [2.05, 4.69) is 40.3 Å². The average molecular weight is 252 g/mol. The second-order valence-corrected chi connectivity index (χ2v) is 6.44. The minimum atomic E-state index is 0.688. The highest BCUT2D eigenvalue weighted by Crippen LogP contribution is 2.21. The number of allylic oxidation sites excluding steroid dienone is 1. The quantitative estimate of drug-likeness (QED) is 0.271. The topological polar surface area (TPSA) is 0 Å². The molecule has 3 atom stereocenters. The molecule has 108 valence electrons. The van der Waals surface area contributed by atoms with E-state index < -0.39 is 0 Å². The van der Waals surface area contributed by atoms with Gasteiger partial charge in [-0.15, -0.1) is 6.58 Å². The van der Waals surface area contributed by atoms with E-state index >= 15 is 0 Å². The molecule has 0 saturated carbocycles. The van der Waals surface area contributed by atoms with Crippen LogP contribution in [0.4, 0.5) is 0 Å². The third-order valence-corrected chi connectivity index (χ3v) is 4.12. The first kappa shape index (κ1) is 17.7. The van der Waals surface area contributed by atoms with Crippen molar-refractivity contribution in [2.24, 2.45) is 17.8 Å². The van der Waals surface area contributed by atoms with Gasteiger partial charge in [-0.3, -0.25) is 0 Å². The molecule has 0 aromatic carbocycles. The van der Waals surface area contributed by atoms with Crippen LogP contribution in [0.2, 0.25) is 0 Å². The lowest BCUT2D eigenvalue weighted by atomic mass is 9.91. The minimum Gasteiger partial charge on any atom is -0.103 e. The first-order valence-electron chi connectivity index (χ1n) is 8.22. The summed E-state index contributed by atoms with van der Waals surface area (Å²) < 4.78 is 0. The van der Waals surface area contributed by atoms with Crippen molar-refractivity contribution in [1.29, 1.82) is 0 Å². The van der Waals surface area contributed by atoms with Crippen molar-refractivity contribution in [3.05, 3.63) is 12.7 Å². The van der Waals surface area contributed by atoms with Crippen LogP contribution in [0, 0.1) is 17.8 Å². The van der Waals surface area contributed by atoms with Crippen LogP contribution in [-0.4, -0.2) is 0 Å². The van der Waals surface area contributed by atoms with E-state index in [9.17, 15) is 0 Å². The van der Waals surface area contributed by atoms with E-state index in [0.717, 1.165) is 11.8 Å². The Hall–Kier alpha value is -0.260. The summed E-state index contributed by atoms with van der Waals surface area (Å²) in [5.41, 5.74) is 0. The highest BCUT2D eigenvalue weighted by atomic mass is 14.1. The Balaban J connectivity index is 3.40. The molecular weight excluding hydrogens is 216 g/mol. The van der Waals surface area contributed by atoms with Gasteiger partial charge in [0, 0.05) is 0 Å². The zero-order valence-electron chi connectivity index (χ0n) is 13.4. The van der Waals surface area contributed by atoms with Crippen LogP contribution in [0.3, 0.4) is 0 Å². The maximum atomic E-state index is 3.87. The lowest BCUT2D eigenvalue weighted by Gasteiger charge is -2.15. The molecule has 0 rings (SSSR count). The Labute approximate surface area is 116 Å². The highest BCUT2D eigenvalue weighted by Gasteiger charge is 2.07. The van der Waals surface area contributed by atoms with Crippen LogP contribution >= 0.6 is 0 Å². The van der Waals surface area contributed by atoms with Crippen LogP contribution in [-0.2, 0) is 0 Å². The summed E-state index contributed by atoms with van der Waals surface area (Å²) in [6.45, 7) is 13.3. The summed E-state index contributed by atoms with van der Waals surface area (Å²) in [4.78, 5) is 0. The molecule has 0 heterocycles. The van der Waals surface area contributed by atoms with Crippen LogP contribution in [0.5, 0.6) is 0 Å². The number of unbranched alkanes of at least 4 members (excludes halogenated alkanes) is 3. The fourth-order valence-corrected chi connectivity index (χ4v) is 2.72. The maximum absolute atomic E-state index is 3.87. The normalized spacial score (nSPS) is 16.2. The molecule has 0 fully saturated rings. The van der Waals surface area contributed by atoms with E-state index in [1.54, 1.807) is 0 Å². The van der Waals surface area contributed by atoms with Crippen molar-refractivity contribution in [2.75, 3.05) is 0 Å². The largest absolute Gasteiger partial charge is 0.103 e. The third kappa shape index (κ3) is 10.9.